The van der Waals surface area contributed by atoms with Crippen LogP contribution >= 0.6 is 0 Å². The van der Waals surface area contributed by atoms with E-state index in [0.717, 1.165) is 24.0 Å². The number of amides is 1. The first kappa shape index (κ1) is 20.0. The Bertz CT molecular complexity index is 973. The Morgan fingerprint density at radius 3 is 2.50 bits per heavy atom. The number of rotatable bonds is 5. The molecule has 28 heavy (non-hydrogen) atoms. The van der Waals surface area contributed by atoms with Gasteiger partial charge in [0.15, 0.2) is 0 Å². The summed E-state index contributed by atoms with van der Waals surface area (Å²) in [7, 11) is -1.86. The number of nitrogens with one attached hydrogen (secondary N) is 1. The number of carbonyl (C=O) groups is 1. The van der Waals surface area contributed by atoms with Gasteiger partial charge in [-0.2, -0.15) is 0 Å². The summed E-state index contributed by atoms with van der Waals surface area (Å²) < 4.78 is 30.4. The van der Waals surface area contributed by atoms with Crippen molar-refractivity contribution in [3.63, 3.8) is 0 Å². The molecule has 2 aromatic rings. The third-order valence-electron chi connectivity index (χ3n) is 4.95. The van der Waals surface area contributed by atoms with Crippen molar-refractivity contribution in [3.8, 4) is 11.5 Å². The molecule has 2 aromatic carbocycles. The van der Waals surface area contributed by atoms with Gasteiger partial charge in [0.2, 0.25) is 10.0 Å². The highest BCUT2D eigenvalue weighted by molar-refractivity contribution is 7.92. The van der Waals surface area contributed by atoms with Gasteiger partial charge in [0.1, 0.15) is 11.5 Å². The minimum atomic E-state index is -3.48. The van der Waals surface area contributed by atoms with Crippen LogP contribution in [-0.2, 0) is 10.0 Å². The van der Waals surface area contributed by atoms with E-state index in [4.69, 9.17) is 4.74 Å². The van der Waals surface area contributed by atoms with Gasteiger partial charge in [-0.25, -0.2) is 8.42 Å². The molecule has 0 spiro atoms. The Balaban J connectivity index is 1.81. The highest BCUT2D eigenvalue weighted by atomic mass is 32.2. The summed E-state index contributed by atoms with van der Waals surface area (Å²) in [6.07, 6.45) is 1.84. The fraction of sp³-hybridized carbons (Fsp3) is 0.350. The fourth-order valence-corrected chi connectivity index (χ4v) is 4.13. The van der Waals surface area contributed by atoms with Crippen LogP contribution in [-0.4, -0.2) is 50.3 Å². The van der Waals surface area contributed by atoms with Gasteiger partial charge in [-0.15, -0.1) is 0 Å². The number of aromatic hydroxyl groups is 1. The molecule has 2 unspecified atom stereocenters. The summed E-state index contributed by atoms with van der Waals surface area (Å²) >= 11 is 0. The topological polar surface area (TPSA) is 95.9 Å². The normalized spacial score (nSPS) is 19.5. The van der Waals surface area contributed by atoms with E-state index in [0.29, 0.717) is 6.54 Å². The van der Waals surface area contributed by atoms with E-state index in [1.807, 2.05) is 31.2 Å². The zero-order chi connectivity index (χ0) is 20.5. The summed E-state index contributed by atoms with van der Waals surface area (Å²) in [5.74, 6) is 0.467. The zero-order valence-corrected chi connectivity index (χ0v) is 16.9. The van der Waals surface area contributed by atoms with E-state index >= 15 is 0 Å². The number of phenolic OH excluding ortho intramolecular Hbond substituents is 1. The highest BCUT2D eigenvalue weighted by Crippen LogP contribution is 2.34. The van der Waals surface area contributed by atoms with Crippen LogP contribution in [0.3, 0.4) is 0 Å². The lowest BCUT2D eigenvalue weighted by atomic mass is 9.97. The maximum atomic E-state index is 13.0. The molecule has 0 aromatic heterocycles. The molecule has 0 saturated carbocycles. The first-order chi connectivity index (χ1) is 13.2. The van der Waals surface area contributed by atoms with Crippen molar-refractivity contribution in [2.75, 3.05) is 24.6 Å². The van der Waals surface area contributed by atoms with Gasteiger partial charge in [-0.05, 0) is 49.2 Å². The molecule has 8 heteroatoms. The number of benzene rings is 2. The molecule has 2 N–H and O–H groups in total. The second kappa shape index (κ2) is 7.71. The molecule has 0 bridgehead atoms. The minimum absolute atomic E-state index is 0.00877. The van der Waals surface area contributed by atoms with Crippen LogP contribution in [0.25, 0.3) is 0 Å². The smallest absolute Gasteiger partial charge is 0.257 e. The Kier molecular flexibility index (Phi) is 5.51. The van der Waals surface area contributed by atoms with Gasteiger partial charge in [-0.3, -0.25) is 9.52 Å². The van der Waals surface area contributed by atoms with Crippen LogP contribution in [0.1, 0.15) is 35.2 Å². The van der Waals surface area contributed by atoms with E-state index in [1.54, 1.807) is 12.0 Å². The van der Waals surface area contributed by atoms with Gasteiger partial charge < -0.3 is 14.7 Å². The standard InChI is InChI=1S/C20H24N2O5S/c1-13-10-15(14-4-7-17(27-2)8-5-14)12-22(13)20(24)18-11-16(6-9-19(18)23)21-28(3,25)26/h4-9,11,13,15,21,23H,10,12H2,1-3H3. The number of carbonyl (C=O) groups excluding carboxylic acids is 1. The molecular weight excluding hydrogens is 380 g/mol. The molecule has 0 aliphatic carbocycles. The van der Waals surface area contributed by atoms with Crippen molar-refractivity contribution in [1.82, 2.24) is 4.90 Å². The molecule has 3 rings (SSSR count). The van der Waals surface area contributed by atoms with Gasteiger partial charge in [-0.1, -0.05) is 12.1 Å². The lowest BCUT2D eigenvalue weighted by Crippen LogP contribution is -2.34. The number of methoxy groups -OCH3 is 1. The number of hydrogen-bond donors (Lipinski definition) is 2. The van der Waals surface area contributed by atoms with Crippen LogP contribution in [0.15, 0.2) is 42.5 Å². The molecule has 0 radical (unpaired) electrons. The monoisotopic (exact) mass is 404 g/mol. The van der Waals surface area contributed by atoms with Gasteiger partial charge in [0.25, 0.3) is 5.91 Å². The summed E-state index contributed by atoms with van der Waals surface area (Å²) in [5, 5.41) is 10.2. The summed E-state index contributed by atoms with van der Waals surface area (Å²) in [6, 6.07) is 11.9. The number of phenols is 1. The van der Waals surface area contributed by atoms with E-state index in [9.17, 15) is 18.3 Å². The molecule has 1 aliphatic rings. The number of ether oxygens (including phenoxy) is 1. The SMILES string of the molecule is COc1ccc(C2CC(C)N(C(=O)c3cc(NS(C)(=O)=O)ccc3O)C2)cc1. The number of sulfonamides is 1. The predicted octanol–water partition coefficient (Wildman–Crippen LogP) is 2.79. The number of hydrogen-bond acceptors (Lipinski definition) is 5. The minimum Gasteiger partial charge on any atom is -0.507 e. The largest absolute Gasteiger partial charge is 0.507 e. The van der Waals surface area contributed by atoms with Gasteiger partial charge >= 0.3 is 0 Å². The summed E-state index contributed by atoms with van der Waals surface area (Å²) in [4.78, 5) is 14.8. The molecule has 7 nitrogen and oxygen atoms in total. The van der Waals surface area contributed by atoms with Crippen molar-refractivity contribution < 1.29 is 23.1 Å². The molecule has 1 fully saturated rings. The van der Waals surface area contributed by atoms with Gasteiger partial charge in [0, 0.05) is 24.2 Å². The van der Waals surface area contributed by atoms with Crippen molar-refractivity contribution in [2.45, 2.75) is 25.3 Å². The first-order valence-electron chi connectivity index (χ1n) is 8.93. The average Bonchev–Trinajstić information content (AvgIpc) is 3.03. The quantitative estimate of drug-likeness (QED) is 0.747. The third-order valence-corrected chi connectivity index (χ3v) is 5.56. The highest BCUT2D eigenvalue weighted by Gasteiger charge is 2.34. The lowest BCUT2D eigenvalue weighted by molar-refractivity contribution is 0.0743. The summed E-state index contributed by atoms with van der Waals surface area (Å²) in [5.41, 5.74) is 1.44. The van der Waals surface area contributed by atoms with Gasteiger partial charge in [0.05, 0.1) is 18.9 Å². The molecule has 1 amide bonds. The molecule has 1 aliphatic heterocycles. The second-order valence-electron chi connectivity index (χ2n) is 7.12. The number of likely N-dealkylation sites (tertiary alicyclic amines) is 1. The number of nitrogens with zero attached hydrogens (tertiary/aromatic N) is 1. The fourth-order valence-electron chi connectivity index (χ4n) is 3.57. The van der Waals surface area contributed by atoms with Crippen LogP contribution in [0, 0.1) is 0 Å². The van der Waals surface area contributed by atoms with E-state index in [1.165, 1.54) is 18.2 Å². The maximum Gasteiger partial charge on any atom is 0.257 e. The first-order valence-corrected chi connectivity index (χ1v) is 10.8. The zero-order valence-electron chi connectivity index (χ0n) is 16.0. The maximum absolute atomic E-state index is 13.0. The molecule has 150 valence electrons. The van der Waals surface area contributed by atoms with Crippen molar-refractivity contribution in [2.24, 2.45) is 0 Å². The van der Waals surface area contributed by atoms with E-state index < -0.39 is 10.0 Å². The van der Waals surface area contributed by atoms with Crippen LogP contribution < -0.4 is 9.46 Å². The molecule has 1 saturated heterocycles. The Morgan fingerprint density at radius 2 is 1.89 bits per heavy atom. The molecule has 2 atom stereocenters. The third kappa shape index (κ3) is 4.39. The molecule has 1 heterocycles. The van der Waals surface area contributed by atoms with E-state index in [-0.39, 0.29) is 34.9 Å². The number of anilines is 1. The van der Waals surface area contributed by atoms with Crippen LogP contribution in [0.5, 0.6) is 11.5 Å². The Hall–Kier alpha value is -2.74. The van der Waals surface area contributed by atoms with E-state index in [2.05, 4.69) is 4.72 Å². The second-order valence-corrected chi connectivity index (χ2v) is 8.87. The van der Waals surface area contributed by atoms with Crippen molar-refractivity contribution in [3.05, 3.63) is 53.6 Å². The summed E-state index contributed by atoms with van der Waals surface area (Å²) in [6.45, 7) is 2.49. The molecular formula is C20H24N2O5S. The Labute approximate surface area is 165 Å². The van der Waals surface area contributed by atoms with Crippen molar-refractivity contribution >= 4 is 21.6 Å². The average molecular weight is 404 g/mol. The lowest BCUT2D eigenvalue weighted by Gasteiger charge is -2.22. The predicted molar refractivity (Wildman–Crippen MR) is 107 cm³/mol. The van der Waals surface area contributed by atoms with Crippen LogP contribution in [0.2, 0.25) is 0 Å². The van der Waals surface area contributed by atoms with Crippen LogP contribution in [0.4, 0.5) is 5.69 Å². The van der Waals surface area contributed by atoms with Crippen molar-refractivity contribution in [1.29, 1.82) is 0 Å². The Morgan fingerprint density at radius 1 is 1.21 bits per heavy atom.